The van der Waals surface area contributed by atoms with Gasteiger partial charge in [0, 0.05) is 21.4 Å². The van der Waals surface area contributed by atoms with Crippen molar-refractivity contribution in [2.24, 2.45) is 0 Å². The van der Waals surface area contributed by atoms with Gasteiger partial charge in [0.15, 0.2) is 22.3 Å². The fourth-order valence-corrected chi connectivity index (χ4v) is 1.11. The van der Waals surface area contributed by atoms with Crippen LogP contribution in [0.4, 0.5) is 0 Å². The summed E-state index contributed by atoms with van der Waals surface area (Å²) in [5, 5.41) is 0. The number of rotatable bonds is 2. The fraction of sp³-hybridized carbons (Fsp3) is 0. The largest absolute Gasteiger partial charge is 0.198 e. The number of hydrogen-bond donors (Lipinski definition) is 1. The lowest BCUT2D eigenvalue weighted by atomic mass is 13.9. The smallest absolute Gasteiger partial charge is 0.195 e. The van der Waals surface area contributed by atoms with Crippen LogP contribution in [0.2, 0.25) is 0 Å². The highest BCUT2D eigenvalue weighted by atomic mass is 35.7. The lowest BCUT2D eigenvalue weighted by Crippen LogP contribution is -2.62. The summed E-state index contributed by atoms with van der Waals surface area (Å²) in [6, 6.07) is 0. The van der Waals surface area contributed by atoms with E-state index < -0.39 is 0 Å². The summed E-state index contributed by atoms with van der Waals surface area (Å²) in [5.41, 5.74) is 0. The molecule has 0 atom stereocenters. The number of nitrogens with two attached hydrogens (primary N) is 1. The van der Waals surface area contributed by atoms with E-state index in [1.165, 1.54) is 0 Å². The van der Waals surface area contributed by atoms with E-state index in [9.17, 15) is 0 Å². The maximum Gasteiger partial charge on any atom is 0.198 e. The Morgan fingerprint density at radius 2 is 1.60 bits per heavy atom. The maximum absolute atomic E-state index is 5.06. The molecule has 0 aliphatic rings. The van der Waals surface area contributed by atoms with E-state index in [2.05, 4.69) is 0 Å². The molecule has 0 saturated carbocycles. The summed E-state index contributed by atoms with van der Waals surface area (Å²) in [4.78, 5) is 0. The minimum Gasteiger partial charge on any atom is -0.195 e. The van der Waals surface area contributed by atoms with Crippen LogP contribution < -0.4 is 4.13 Å². The Morgan fingerprint density at radius 1 is 1.20 bits per heavy atom. The van der Waals surface area contributed by atoms with Crippen LogP contribution in [0, 0.1) is 0 Å². The van der Waals surface area contributed by atoms with Crippen LogP contribution in [-0.4, -0.2) is 0 Å². The van der Waals surface area contributed by atoms with Gasteiger partial charge in [-0.3, -0.25) is 0 Å². The Balaban J connectivity index is 2.19. The lowest BCUT2D eigenvalue weighted by molar-refractivity contribution is -0.260. The Bertz CT molecular complexity index is 15.1. The first-order valence-electron chi connectivity index (χ1n) is 0.780. The van der Waals surface area contributed by atoms with Crippen molar-refractivity contribution in [2.75, 3.05) is 0 Å². The highest BCUT2D eigenvalue weighted by molar-refractivity contribution is 8.25. The second-order valence-corrected chi connectivity index (χ2v) is 2.47. The monoisotopic (exact) mass is 150 g/mol. The molecule has 0 spiro atoms. The van der Waals surface area contributed by atoms with Gasteiger partial charge in [0.05, 0.1) is 0 Å². The van der Waals surface area contributed by atoms with Gasteiger partial charge in [-0.2, -0.15) is 4.13 Å². The van der Waals surface area contributed by atoms with Gasteiger partial charge in [-0.25, -0.2) is 0 Å². The summed E-state index contributed by atoms with van der Waals surface area (Å²) in [7, 11) is 10.1. The van der Waals surface area contributed by atoms with Crippen LogP contribution in [0.15, 0.2) is 0 Å². The van der Waals surface area contributed by atoms with Crippen molar-refractivity contribution < 1.29 is 4.13 Å². The molecule has 1 nitrogen and oxygen atoms in total. The van der Waals surface area contributed by atoms with Gasteiger partial charge in [0.2, 0.25) is 0 Å². The van der Waals surface area contributed by atoms with Crippen LogP contribution in [-0.2, 0) is 0 Å². The van der Waals surface area contributed by atoms with Gasteiger partial charge >= 0.3 is 0 Å². The van der Waals surface area contributed by atoms with Gasteiger partial charge in [-0.1, -0.05) is 0 Å². The van der Waals surface area contributed by atoms with Gasteiger partial charge < -0.3 is 0 Å². The molecule has 32 valence electrons. The quantitative estimate of drug-likeness (QED) is 0.596. The van der Waals surface area contributed by atoms with Crippen LogP contribution in [0.3, 0.4) is 0 Å². The fourth-order valence-electron chi connectivity index (χ4n) is 0.0137. The van der Waals surface area contributed by atoms with Gasteiger partial charge in [0.1, 0.15) is 0 Å². The third-order valence-electron chi connectivity index (χ3n) is 0.0727. The molecular weight excluding hydrogens is 149 g/mol. The molecule has 0 saturated heterocycles. The molecule has 0 aromatic carbocycles. The van der Waals surface area contributed by atoms with Crippen molar-refractivity contribution in [2.45, 2.75) is 0 Å². The second kappa shape index (κ2) is 5.24. The standard InChI is InChI=1S/Cl2HNS2/c1-4-3-5-2/h3H/p+1. The Hall–Kier alpha value is 1.24. The molecule has 0 unspecified atom stereocenters. The van der Waals surface area contributed by atoms with Crippen molar-refractivity contribution >= 4 is 43.7 Å². The van der Waals surface area contributed by atoms with Crippen LogP contribution >= 0.6 is 43.7 Å². The van der Waals surface area contributed by atoms with Crippen molar-refractivity contribution in [1.82, 2.24) is 0 Å². The molecule has 0 aliphatic heterocycles. The molecular formula is H2Cl2NS2+. The van der Waals surface area contributed by atoms with E-state index in [1.54, 1.807) is 4.13 Å². The zero-order chi connectivity index (χ0) is 4.12. The molecule has 0 amide bonds. The summed E-state index contributed by atoms with van der Waals surface area (Å²) in [6.45, 7) is 0. The summed E-state index contributed by atoms with van der Waals surface area (Å²) < 4.78 is 1.61. The topological polar surface area (TPSA) is 16.6 Å². The van der Waals surface area contributed by atoms with E-state index in [0.29, 0.717) is 0 Å². The average molecular weight is 151 g/mol. The third-order valence-corrected chi connectivity index (χ3v) is 1.96. The van der Waals surface area contributed by atoms with E-state index in [-0.39, 0.29) is 0 Å². The minimum absolute atomic E-state index is 1.08. The Labute approximate surface area is 48.1 Å². The number of quaternary nitrogens is 1. The van der Waals surface area contributed by atoms with Crippen LogP contribution in [0.5, 0.6) is 0 Å². The van der Waals surface area contributed by atoms with E-state index >= 15 is 0 Å². The first kappa shape index (κ1) is 6.24. The first-order valence-corrected chi connectivity index (χ1v) is 4.19. The molecule has 0 heterocycles. The highest BCUT2D eigenvalue weighted by Crippen LogP contribution is 1.95. The Kier molecular flexibility index (Phi) is 6.54. The normalized spacial score (nSPS) is 8.40. The van der Waals surface area contributed by atoms with Gasteiger partial charge in [0.25, 0.3) is 0 Å². The van der Waals surface area contributed by atoms with Gasteiger partial charge in [-0.15, -0.1) is 0 Å². The number of hydrogen-bond acceptors (Lipinski definition) is 2. The van der Waals surface area contributed by atoms with Crippen molar-refractivity contribution in [1.29, 1.82) is 0 Å². The molecule has 0 rings (SSSR count). The number of halogens is 2. The van der Waals surface area contributed by atoms with E-state index in [1.807, 2.05) is 0 Å². The summed E-state index contributed by atoms with van der Waals surface area (Å²) in [5.74, 6) is 0. The molecule has 0 radical (unpaired) electrons. The van der Waals surface area contributed by atoms with Crippen molar-refractivity contribution in [3.63, 3.8) is 0 Å². The SMILES string of the molecule is ClS[NH2+]SCl. The first-order chi connectivity index (χ1) is 2.41. The van der Waals surface area contributed by atoms with Crippen LogP contribution in [0.25, 0.3) is 0 Å². The zero-order valence-corrected chi connectivity index (χ0v) is 5.29. The summed E-state index contributed by atoms with van der Waals surface area (Å²) in [6.07, 6.45) is 0. The minimum atomic E-state index is 1.08. The van der Waals surface area contributed by atoms with Crippen molar-refractivity contribution in [3.05, 3.63) is 0 Å². The molecule has 0 fully saturated rings. The lowest BCUT2D eigenvalue weighted by Gasteiger charge is -1.70. The average Bonchev–Trinajstić information content (AvgIpc) is 1.41. The molecule has 5 heteroatoms. The second-order valence-electron chi connectivity index (χ2n) is 0.274. The highest BCUT2D eigenvalue weighted by Gasteiger charge is 1.78. The van der Waals surface area contributed by atoms with E-state index in [0.717, 1.165) is 22.3 Å². The van der Waals surface area contributed by atoms with Crippen LogP contribution in [0.1, 0.15) is 0 Å². The molecule has 0 aromatic rings. The van der Waals surface area contributed by atoms with Gasteiger partial charge in [-0.05, 0) is 0 Å². The predicted octanol–water partition coefficient (Wildman–Crippen LogP) is 1.15. The third kappa shape index (κ3) is 5.24. The molecule has 0 aliphatic carbocycles. The zero-order valence-electron chi connectivity index (χ0n) is 2.15. The Morgan fingerprint density at radius 3 is 1.60 bits per heavy atom. The maximum atomic E-state index is 5.06. The van der Waals surface area contributed by atoms with E-state index in [4.69, 9.17) is 21.4 Å². The van der Waals surface area contributed by atoms with Crippen molar-refractivity contribution in [3.8, 4) is 0 Å². The predicted molar refractivity (Wildman–Crippen MR) is 28.8 cm³/mol. The molecule has 5 heavy (non-hydrogen) atoms. The molecule has 2 N–H and O–H groups in total. The molecule has 0 bridgehead atoms. The molecule has 0 aromatic heterocycles. The summed E-state index contributed by atoms with van der Waals surface area (Å²) >= 11 is 2.16.